The van der Waals surface area contributed by atoms with Gasteiger partial charge in [-0.25, -0.2) is 0 Å². The van der Waals surface area contributed by atoms with Crippen LogP contribution in [0.3, 0.4) is 0 Å². The minimum Gasteiger partial charge on any atom is -0.483 e. The maximum atomic E-state index is 12.1. The van der Waals surface area contributed by atoms with Crippen LogP contribution < -0.4 is 10.1 Å². The van der Waals surface area contributed by atoms with Crippen LogP contribution in [0.1, 0.15) is 35.6 Å². The monoisotopic (exact) mass is 325 g/mol. The van der Waals surface area contributed by atoms with E-state index in [-0.39, 0.29) is 18.6 Å². The third kappa shape index (κ3) is 5.41. The summed E-state index contributed by atoms with van der Waals surface area (Å²) in [5.41, 5.74) is 4.71. The molecule has 1 amide bonds. The van der Waals surface area contributed by atoms with E-state index in [9.17, 15) is 4.79 Å². The number of hydrogen-bond acceptors (Lipinski definition) is 2. The van der Waals surface area contributed by atoms with Gasteiger partial charge in [0.2, 0.25) is 0 Å². The van der Waals surface area contributed by atoms with Gasteiger partial charge in [-0.2, -0.15) is 0 Å². The van der Waals surface area contributed by atoms with Crippen molar-refractivity contribution < 1.29 is 9.53 Å². The van der Waals surface area contributed by atoms with Gasteiger partial charge in [0.05, 0.1) is 0 Å². The second kappa shape index (κ2) is 8.53. The molecule has 0 spiro atoms. The molecule has 0 aromatic heterocycles. The fourth-order valence-electron chi connectivity index (χ4n) is 2.71. The zero-order valence-electron chi connectivity index (χ0n) is 15.1. The summed E-state index contributed by atoms with van der Waals surface area (Å²) in [6.45, 7) is 8.19. The van der Waals surface area contributed by atoms with Gasteiger partial charge in [-0.3, -0.25) is 4.79 Å². The van der Waals surface area contributed by atoms with Crippen LogP contribution in [-0.4, -0.2) is 18.6 Å². The first kappa shape index (κ1) is 18.1. The molecule has 0 fully saturated rings. The van der Waals surface area contributed by atoms with Gasteiger partial charge in [-0.05, 0) is 68.9 Å². The first-order valence-electron chi connectivity index (χ1n) is 8.49. The number of amides is 1. The fraction of sp³-hybridized carbons (Fsp3) is 0.381. The molecule has 0 aliphatic carbocycles. The van der Waals surface area contributed by atoms with E-state index in [1.807, 2.05) is 45.0 Å². The third-order valence-electron chi connectivity index (χ3n) is 4.24. The van der Waals surface area contributed by atoms with Gasteiger partial charge in [0.1, 0.15) is 5.75 Å². The Labute approximate surface area is 145 Å². The third-order valence-corrected chi connectivity index (χ3v) is 4.24. The van der Waals surface area contributed by atoms with Gasteiger partial charge < -0.3 is 10.1 Å². The Morgan fingerprint density at radius 1 is 1.12 bits per heavy atom. The molecule has 2 aromatic rings. The summed E-state index contributed by atoms with van der Waals surface area (Å²) in [6.07, 6.45) is 1.87. The SMILES string of the molecule is Cc1cc(C)c(C)c(OCC(=O)N[C@H](C)CCc2ccccc2)c1. The van der Waals surface area contributed by atoms with Crippen molar-refractivity contribution in [1.29, 1.82) is 0 Å². The number of aryl methyl sites for hydroxylation is 3. The molecule has 1 N–H and O–H groups in total. The van der Waals surface area contributed by atoms with Crippen molar-refractivity contribution in [2.24, 2.45) is 0 Å². The number of carbonyl (C=O) groups is 1. The number of hydrogen-bond donors (Lipinski definition) is 1. The van der Waals surface area contributed by atoms with Crippen LogP contribution in [0.25, 0.3) is 0 Å². The highest BCUT2D eigenvalue weighted by Crippen LogP contribution is 2.23. The molecule has 0 aliphatic rings. The first-order chi connectivity index (χ1) is 11.5. The summed E-state index contributed by atoms with van der Waals surface area (Å²) < 4.78 is 5.71. The maximum Gasteiger partial charge on any atom is 0.258 e. The van der Waals surface area contributed by atoms with Crippen molar-refractivity contribution in [3.8, 4) is 5.75 Å². The first-order valence-corrected chi connectivity index (χ1v) is 8.49. The van der Waals surface area contributed by atoms with Gasteiger partial charge in [0.25, 0.3) is 5.91 Å². The molecule has 0 saturated carbocycles. The second-order valence-electron chi connectivity index (χ2n) is 6.49. The lowest BCUT2D eigenvalue weighted by Crippen LogP contribution is -2.36. The van der Waals surface area contributed by atoms with Crippen molar-refractivity contribution in [2.75, 3.05) is 6.61 Å². The molecule has 1 atom stereocenters. The summed E-state index contributed by atoms with van der Waals surface area (Å²) >= 11 is 0. The predicted molar refractivity (Wildman–Crippen MR) is 98.5 cm³/mol. The molecule has 2 aromatic carbocycles. The van der Waals surface area contributed by atoms with E-state index < -0.39 is 0 Å². The van der Waals surface area contributed by atoms with E-state index in [1.165, 1.54) is 11.1 Å². The molecule has 0 radical (unpaired) electrons. The Bertz CT molecular complexity index is 680. The molecular weight excluding hydrogens is 298 g/mol. The largest absolute Gasteiger partial charge is 0.483 e. The van der Waals surface area contributed by atoms with Gasteiger partial charge in [0, 0.05) is 6.04 Å². The van der Waals surface area contributed by atoms with Gasteiger partial charge in [0.15, 0.2) is 6.61 Å². The fourth-order valence-corrected chi connectivity index (χ4v) is 2.71. The quantitative estimate of drug-likeness (QED) is 0.831. The van der Waals surface area contributed by atoms with E-state index in [0.29, 0.717) is 0 Å². The number of carbonyl (C=O) groups excluding carboxylic acids is 1. The number of ether oxygens (including phenoxy) is 1. The topological polar surface area (TPSA) is 38.3 Å². The molecule has 24 heavy (non-hydrogen) atoms. The summed E-state index contributed by atoms with van der Waals surface area (Å²) in [5.74, 6) is 0.716. The van der Waals surface area contributed by atoms with Crippen LogP contribution in [0, 0.1) is 20.8 Å². The highest BCUT2D eigenvalue weighted by molar-refractivity contribution is 5.77. The van der Waals surface area contributed by atoms with Crippen molar-refractivity contribution in [2.45, 2.75) is 46.6 Å². The molecule has 3 heteroatoms. The molecule has 0 bridgehead atoms. The molecule has 0 heterocycles. The normalized spacial score (nSPS) is 11.8. The summed E-state index contributed by atoms with van der Waals surface area (Å²) in [5, 5.41) is 3.01. The number of rotatable bonds is 7. The minimum absolute atomic E-state index is 0.0550. The molecule has 0 saturated heterocycles. The van der Waals surface area contributed by atoms with Crippen LogP contribution in [0.2, 0.25) is 0 Å². The van der Waals surface area contributed by atoms with Gasteiger partial charge in [-0.15, -0.1) is 0 Å². The second-order valence-corrected chi connectivity index (χ2v) is 6.49. The minimum atomic E-state index is -0.0749. The van der Waals surface area contributed by atoms with Crippen LogP contribution in [-0.2, 0) is 11.2 Å². The smallest absolute Gasteiger partial charge is 0.258 e. The Balaban J connectivity index is 1.79. The van der Waals surface area contributed by atoms with Crippen LogP contribution in [0.4, 0.5) is 0 Å². The Kier molecular flexibility index (Phi) is 6.42. The van der Waals surface area contributed by atoms with Crippen molar-refractivity contribution in [1.82, 2.24) is 5.32 Å². The van der Waals surface area contributed by atoms with Crippen LogP contribution in [0.5, 0.6) is 5.75 Å². The molecule has 128 valence electrons. The Hall–Kier alpha value is -2.29. The molecule has 0 unspecified atom stereocenters. The lowest BCUT2D eigenvalue weighted by atomic mass is 10.1. The standard InChI is InChI=1S/C21H27NO2/c1-15-12-16(2)18(4)20(13-15)24-14-21(23)22-17(3)10-11-19-8-6-5-7-9-19/h5-9,12-13,17H,10-11,14H2,1-4H3,(H,22,23)/t17-/m1/s1. The molecule has 0 aliphatic heterocycles. The lowest BCUT2D eigenvalue weighted by molar-refractivity contribution is -0.123. The summed E-state index contributed by atoms with van der Waals surface area (Å²) in [6, 6.07) is 14.5. The highest BCUT2D eigenvalue weighted by Gasteiger charge is 2.10. The van der Waals surface area contributed by atoms with E-state index in [4.69, 9.17) is 4.74 Å². The summed E-state index contributed by atoms with van der Waals surface area (Å²) in [7, 11) is 0. The van der Waals surface area contributed by atoms with E-state index in [0.717, 1.165) is 29.7 Å². The maximum absolute atomic E-state index is 12.1. The molecule has 2 rings (SSSR count). The predicted octanol–water partition coefficient (Wildman–Crippen LogP) is 4.13. The van der Waals surface area contributed by atoms with Crippen molar-refractivity contribution >= 4 is 5.91 Å². The Morgan fingerprint density at radius 3 is 2.54 bits per heavy atom. The van der Waals surface area contributed by atoms with Gasteiger partial charge in [-0.1, -0.05) is 36.4 Å². The van der Waals surface area contributed by atoms with E-state index in [2.05, 4.69) is 30.4 Å². The summed E-state index contributed by atoms with van der Waals surface area (Å²) in [4.78, 5) is 12.1. The van der Waals surface area contributed by atoms with E-state index in [1.54, 1.807) is 0 Å². The molecule has 3 nitrogen and oxygen atoms in total. The Morgan fingerprint density at radius 2 is 1.83 bits per heavy atom. The van der Waals surface area contributed by atoms with Crippen LogP contribution >= 0.6 is 0 Å². The van der Waals surface area contributed by atoms with Crippen LogP contribution in [0.15, 0.2) is 42.5 Å². The highest BCUT2D eigenvalue weighted by atomic mass is 16.5. The average molecular weight is 325 g/mol. The zero-order chi connectivity index (χ0) is 17.5. The van der Waals surface area contributed by atoms with Crippen molar-refractivity contribution in [3.05, 3.63) is 64.7 Å². The molecular formula is C21H27NO2. The van der Waals surface area contributed by atoms with Crippen molar-refractivity contribution in [3.63, 3.8) is 0 Å². The number of nitrogens with one attached hydrogen (secondary N) is 1. The lowest BCUT2D eigenvalue weighted by Gasteiger charge is -2.16. The van der Waals surface area contributed by atoms with Gasteiger partial charge >= 0.3 is 0 Å². The average Bonchev–Trinajstić information content (AvgIpc) is 2.56. The zero-order valence-corrected chi connectivity index (χ0v) is 15.1. The van der Waals surface area contributed by atoms with E-state index >= 15 is 0 Å². The number of benzene rings is 2.